The third-order valence-corrected chi connectivity index (χ3v) is 4.45. The Bertz CT molecular complexity index is 602. The fourth-order valence-corrected chi connectivity index (χ4v) is 2.92. The number of rotatable bonds is 6. The van der Waals surface area contributed by atoms with Gasteiger partial charge < -0.3 is 15.3 Å². The summed E-state index contributed by atoms with van der Waals surface area (Å²) in [7, 11) is 0. The molecule has 0 spiro atoms. The van der Waals surface area contributed by atoms with Gasteiger partial charge >= 0.3 is 5.97 Å². The van der Waals surface area contributed by atoms with Gasteiger partial charge in [0, 0.05) is 31.6 Å². The molecule has 24 heavy (non-hydrogen) atoms. The van der Waals surface area contributed by atoms with Crippen molar-refractivity contribution in [3.05, 3.63) is 35.9 Å². The molecule has 1 atom stereocenters. The number of nitrogens with zero attached hydrogens (tertiary/aromatic N) is 1. The average Bonchev–Trinajstić information content (AvgIpc) is 2.59. The fraction of sp³-hybridized carbons (Fsp3) is 0.500. The predicted molar refractivity (Wildman–Crippen MR) is 89.6 cm³/mol. The van der Waals surface area contributed by atoms with E-state index in [1.54, 1.807) is 36.1 Å². The van der Waals surface area contributed by atoms with Gasteiger partial charge in [0.15, 0.2) is 0 Å². The number of carboxylic acids is 1. The Balaban J connectivity index is 1.73. The van der Waals surface area contributed by atoms with Gasteiger partial charge in [-0.1, -0.05) is 18.2 Å². The number of aliphatic carboxylic acids is 1. The molecule has 0 aromatic heterocycles. The van der Waals surface area contributed by atoms with E-state index in [0.29, 0.717) is 44.3 Å². The summed E-state index contributed by atoms with van der Waals surface area (Å²) < 4.78 is 0. The van der Waals surface area contributed by atoms with Gasteiger partial charge in [-0.25, -0.2) is 0 Å². The van der Waals surface area contributed by atoms with E-state index < -0.39 is 11.4 Å². The molecule has 0 aliphatic carbocycles. The third-order valence-electron chi connectivity index (χ3n) is 4.45. The molecule has 2 rings (SSSR count). The quantitative estimate of drug-likeness (QED) is 0.779. The molecule has 6 heteroatoms. The lowest BCUT2D eigenvalue weighted by molar-refractivity contribution is -0.153. The summed E-state index contributed by atoms with van der Waals surface area (Å²) in [5, 5.41) is 12.1. The Hall–Kier alpha value is -2.37. The lowest BCUT2D eigenvalue weighted by atomic mass is 9.82. The molecule has 1 saturated heterocycles. The minimum Gasteiger partial charge on any atom is -0.481 e. The van der Waals surface area contributed by atoms with Gasteiger partial charge in [0.25, 0.3) is 5.91 Å². The molecule has 1 aromatic rings. The van der Waals surface area contributed by atoms with Crippen molar-refractivity contribution in [2.75, 3.05) is 19.6 Å². The van der Waals surface area contributed by atoms with Crippen molar-refractivity contribution >= 4 is 17.8 Å². The van der Waals surface area contributed by atoms with Crippen LogP contribution in [0.15, 0.2) is 30.3 Å². The summed E-state index contributed by atoms with van der Waals surface area (Å²) in [4.78, 5) is 37.1. The molecule has 1 aliphatic rings. The van der Waals surface area contributed by atoms with Crippen LogP contribution in [0, 0.1) is 5.41 Å². The average molecular weight is 332 g/mol. The Labute approximate surface area is 141 Å². The van der Waals surface area contributed by atoms with E-state index in [1.807, 2.05) is 6.07 Å². The second-order valence-corrected chi connectivity index (χ2v) is 6.51. The molecule has 0 radical (unpaired) electrons. The van der Waals surface area contributed by atoms with E-state index in [2.05, 4.69) is 5.32 Å². The number of piperidine rings is 1. The SMILES string of the molecule is CC1(C(=O)O)CCCN(C(=O)CCCNC(=O)c2ccccc2)C1. The smallest absolute Gasteiger partial charge is 0.311 e. The molecule has 6 nitrogen and oxygen atoms in total. The summed E-state index contributed by atoms with van der Waals surface area (Å²) in [6.45, 7) is 2.98. The first-order chi connectivity index (χ1) is 11.4. The minimum absolute atomic E-state index is 0.0452. The first kappa shape index (κ1) is 18.0. The summed E-state index contributed by atoms with van der Waals surface area (Å²) in [6, 6.07) is 8.92. The van der Waals surface area contributed by atoms with Gasteiger partial charge in [-0.05, 0) is 38.3 Å². The zero-order chi connectivity index (χ0) is 17.6. The number of amides is 2. The van der Waals surface area contributed by atoms with Gasteiger partial charge in [0.2, 0.25) is 5.91 Å². The number of benzene rings is 1. The van der Waals surface area contributed by atoms with Gasteiger partial charge in [-0.3, -0.25) is 14.4 Å². The number of hydrogen-bond donors (Lipinski definition) is 2. The van der Waals surface area contributed by atoms with Crippen LogP contribution in [0.5, 0.6) is 0 Å². The van der Waals surface area contributed by atoms with Gasteiger partial charge in [-0.2, -0.15) is 0 Å². The van der Waals surface area contributed by atoms with Crippen LogP contribution >= 0.6 is 0 Å². The highest BCUT2D eigenvalue weighted by Crippen LogP contribution is 2.30. The van der Waals surface area contributed by atoms with E-state index in [9.17, 15) is 19.5 Å². The molecule has 1 unspecified atom stereocenters. The van der Waals surface area contributed by atoms with Gasteiger partial charge in [0.1, 0.15) is 0 Å². The van der Waals surface area contributed by atoms with Crippen LogP contribution < -0.4 is 5.32 Å². The molecule has 0 bridgehead atoms. The zero-order valence-electron chi connectivity index (χ0n) is 14.0. The van der Waals surface area contributed by atoms with Crippen LogP contribution in [-0.4, -0.2) is 47.4 Å². The minimum atomic E-state index is -0.852. The summed E-state index contributed by atoms with van der Waals surface area (Å²) in [5.41, 5.74) is -0.257. The van der Waals surface area contributed by atoms with Crippen LogP contribution in [0.4, 0.5) is 0 Å². The highest BCUT2D eigenvalue weighted by Gasteiger charge is 2.39. The monoisotopic (exact) mass is 332 g/mol. The number of nitrogens with one attached hydrogen (secondary N) is 1. The van der Waals surface area contributed by atoms with Crippen molar-refractivity contribution in [1.29, 1.82) is 0 Å². The lowest BCUT2D eigenvalue weighted by Crippen LogP contribution is -2.48. The topological polar surface area (TPSA) is 86.7 Å². The molecular weight excluding hydrogens is 308 g/mol. The Kier molecular flexibility index (Phi) is 5.95. The van der Waals surface area contributed by atoms with Crippen LogP contribution in [0.2, 0.25) is 0 Å². The Morgan fingerprint density at radius 2 is 1.96 bits per heavy atom. The van der Waals surface area contributed by atoms with Crippen molar-refractivity contribution < 1.29 is 19.5 Å². The van der Waals surface area contributed by atoms with Crippen molar-refractivity contribution in [1.82, 2.24) is 10.2 Å². The highest BCUT2D eigenvalue weighted by molar-refractivity contribution is 5.94. The molecular formula is C18H24N2O4. The largest absolute Gasteiger partial charge is 0.481 e. The summed E-state index contributed by atoms with van der Waals surface area (Å²) in [5.74, 6) is -1.05. The number of carboxylic acid groups (broad SMARTS) is 1. The molecule has 130 valence electrons. The molecule has 0 saturated carbocycles. The molecule has 1 heterocycles. The van der Waals surface area contributed by atoms with Crippen molar-refractivity contribution in [3.63, 3.8) is 0 Å². The van der Waals surface area contributed by atoms with E-state index in [-0.39, 0.29) is 18.4 Å². The van der Waals surface area contributed by atoms with E-state index in [4.69, 9.17) is 0 Å². The molecule has 2 amide bonds. The maximum atomic E-state index is 12.2. The molecule has 1 fully saturated rings. The van der Waals surface area contributed by atoms with Crippen LogP contribution in [0.25, 0.3) is 0 Å². The third kappa shape index (κ3) is 4.57. The second kappa shape index (κ2) is 7.95. The van der Waals surface area contributed by atoms with Crippen LogP contribution in [-0.2, 0) is 9.59 Å². The van der Waals surface area contributed by atoms with E-state index in [1.165, 1.54) is 0 Å². The lowest BCUT2D eigenvalue weighted by Gasteiger charge is -2.37. The van der Waals surface area contributed by atoms with Crippen molar-refractivity contribution in [2.24, 2.45) is 5.41 Å². The molecule has 1 aromatic carbocycles. The van der Waals surface area contributed by atoms with Crippen LogP contribution in [0.1, 0.15) is 43.0 Å². The first-order valence-electron chi connectivity index (χ1n) is 8.27. The molecule has 1 aliphatic heterocycles. The standard InChI is InChI=1S/C18H24N2O4/c1-18(17(23)24)10-6-12-20(13-18)15(21)9-5-11-19-16(22)14-7-3-2-4-8-14/h2-4,7-8H,5-6,9-13H2,1H3,(H,19,22)(H,23,24). The first-order valence-corrected chi connectivity index (χ1v) is 8.27. The highest BCUT2D eigenvalue weighted by atomic mass is 16.4. The van der Waals surface area contributed by atoms with Crippen molar-refractivity contribution in [2.45, 2.75) is 32.6 Å². The van der Waals surface area contributed by atoms with E-state index in [0.717, 1.165) is 0 Å². The Morgan fingerprint density at radius 3 is 2.62 bits per heavy atom. The molecule has 2 N–H and O–H groups in total. The number of likely N-dealkylation sites (tertiary alicyclic amines) is 1. The normalized spacial score (nSPS) is 20.5. The predicted octanol–water partition coefficient (Wildman–Crippen LogP) is 1.91. The van der Waals surface area contributed by atoms with Crippen LogP contribution in [0.3, 0.4) is 0 Å². The number of carbonyl (C=O) groups is 3. The second-order valence-electron chi connectivity index (χ2n) is 6.51. The zero-order valence-corrected chi connectivity index (χ0v) is 14.0. The number of carbonyl (C=O) groups excluding carboxylic acids is 2. The van der Waals surface area contributed by atoms with Gasteiger partial charge in [-0.15, -0.1) is 0 Å². The van der Waals surface area contributed by atoms with Crippen molar-refractivity contribution in [3.8, 4) is 0 Å². The maximum absolute atomic E-state index is 12.2. The van der Waals surface area contributed by atoms with E-state index >= 15 is 0 Å². The summed E-state index contributed by atoms with van der Waals surface area (Å²) >= 11 is 0. The van der Waals surface area contributed by atoms with Gasteiger partial charge in [0.05, 0.1) is 5.41 Å². The fourth-order valence-electron chi connectivity index (χ4n) is 2.92. The Morgan fingerprint density at radius 1 is 1.25 bits per heavy atom. The summed E-state index contributed by atoms with van der Waals surface area (Å²) in [6.07, 6.45) is 2.15. The maximum Gasteiger partial charge on any atom is 0.311 e. The number of hydrogen-bond acceptors (Lipinski definition) is 3.